The van der Waals surface area contributed by atoms with E-state index >= 15 is 0 Å². The number of hydrogen-bond acceptors (Lipinski definition) is 6. The van der Waals surface area contributed by atoms with Crippen LogP contribution >= 0.6 is 0 Å². The third-order valence-corrected chi connectivity index (χ3v) is 6.23. The number of urea groups is 1. The van der Waals surface area contributed by atoms with E-state index in [0.29, 0.717) is 18.7 Å². The first-order valence-electron chi connectivity index (χ1n) is 9.29. The van der Waals surface area contributed by atoms with Crippen molar-refractivity contribution in [1.29, 1.82) is 0 Å². The lowest BCUT2D eigenvalue weighted by Crippen LogP contribution is -2.39. The van der Waals surface area contributed by atoms with Crippen molar-refractivity contribution in [2.75, 3.05) is 26.7 Å². The van der Waals surface area contributed by atoms with Gasteiger partial charge in [0.25, 0.3) is 5.91 Å². The van der Waals surface area contributed by atoms with Gasteiger partial charge in [0.1, 0.15) is 0 Å². The highest BCUT2D eigenvalue weighted by atomic mass is 32.2. The zero-order valence-electron chi connectivity index (χ0n) is 16.2. The number of nitrogens with zero attached hydrogens (tertiary/aromatic N) is 1. The van der Waals surface area contributed by atoms with Crippen LogP contribution in [-0.4, -0.2) is 57.4 Å². The molecule has 1 aromatic rings. The van der Waals surface area contributed by atoms with E-state index in [4.69, 9.17) is 4.74 Å². The lowest BCUT2D eigenvalue weighted by molar-refractivity contribution is -0.143. The van der Waals surface area contributed by atoms with E-state index < -0.39 is 34.5 Å². The number of amides is 3. The number of carbonyl (C=O) groups is 3. The van der Waals surface area contributed by atoms with Gasteiger partial charge in [-0.05, 0) is 36.6 Å². The van der Waals surface area contributed by atoms with Crippen LogP contribution in [0.25, 0.3) is 6.08 Å². The van der Waals surface area contributed by atoms with E-state index in [1.807, 2.05) is 5.32 Å². The predicted octanol–water partition coefficient (Wildman–Crippen LogP) is 1.26. The first-order chi connectivity index (χ1) is 13.8. The van der Waals surface area contributed by atoms with Gasteiger partial charge in [0.15, 0.2) is 6.61 Å². The predicted molar refractivity (Wildman–Crippen MR) is 106 cm³/mol. The number of imide groups is 1. The number of nitrogens with one attached hydrogen (secondary N) is 2. The molecule has 1 heterocycles. The fourth-order valence-electron chi connectivity index (χ4n) is 2.76. The van der Waals surface area contributed by atoms with Crippen LogP contribution in [0.2, 0.25) is 0 Å². The number of sulfonamides is 1. The highest BCUT2D eigenvalue weighted by Crippen LogP contribution is 2.20. The van der Waals surface area contributed by atoms with Gasteiger partial charge in [-0.15, -0.1) is 0 Å². The summed E-state index contributed by atoms with van der Waals surface area (Å²) in [4.78, 5) is 34.2. The molecule has 29 heavy (non-hydrogen) atoms. The standard InChI is InChI=1S/C19H25N3O6S/c1-20-19(25)21-17(23)14-28-18(24)11-8-15-6-9-16(10-7-15)29(26,27)22-12-4-2-3-5-13-22/h6-11H,2-5,12-14H2,1H3,(H2,20,21,23,25). The zero-order valence-corrected chi connectivity index (χ0v) is 17.0. The fraction of sp³-hybridized carbons (Fsp3) is 0.421. The summed E-state index contributed by atoms with van der Waals surface area (Å²) in [6, 6.07) is 5.49. The summed E-state index contributed by atoms with van der Waals surface area (Å²) in [5, 5.41) is 4.16. The number of hydrogen-bond donors (Lipinski definition) is 2. The zero-order chi connectivity index (χ0) is 21.3. The largest absolute Gasteiger partial charge is 0.452 e. The van der Waals surface area contributed by atoms with Gasteiger partial charge in [0.05, 0.1) is 4.90 Å². The average molecular weight is 423 g/mol. The Bertz CT molecular complexity index is 856. The number of carbonyl (C=O) groups excluding carboxylic acids is 3. The van der Waals surface area contributed by atoms with E-state index in [2.05, 4.69) is 5.32 Å². The number of esters is 1. The molecule has 1 aliphatic rings. The Morgan fingerprint density at radius 3 is 2.28 bits per heavy atom. The summed E-state index contributed by atoms with van der Waals surface area (Å²) in [7, 11) is -2.17. The Morgan fingerprint density at radius 1 is 1.07 bits per heavy atom. The molecule has 10 heteroatoms. The van der Waals surface area contributed by atoms with E-state index in [1.54, 1.807) is 12.1 Å². The molecule has 0 radical (unpaired) electrons. The molecule has 1 aromatic carbocycles. The Morgan fingerprint density at radius 2 is 1.69 bits per heavy atom. The summed E-state index contributed by atoms with van der Waals surface area (Å²) in [6.45, 7) is 0.469. The monoisotopic (exact) mass is 423 g/mol. The maximum absolute atomic E-state index is 12.7. The molecule has 2 N–H and O–H groups in total. The Balaban J connectivity index is 1.91. The second-order valence-electron chi connectivity index (χ2n) is 6.46. The molecule has 0 aliphatic carbocycles. The van der Waals surface area contributed by atoms with Crippen LogP contribution in [0.4, 0.5) is 4.79 Å². The molecule has 2 rings (SSSR count). The number of ether oxygens (including phenoxy) is 1. The first kappa shape index (κ1) is 22.6. The van der Waals surface area contributed by atoms with Crippen molar-refractivity contribution in [3.8, 4) is 0 Å². The van der Waals surface area contributed by atoms with Gasteiger partial charge in [-0.2, -0.15) is 4.31 Å². The molecule has 0 atom stereocenters. The molecule has 0 unspecified atom stereocenters. The van der Waals surface area contributed by atoms with Gasteiger partial charge in [-0.25, -0.2) is 18.0 Å². The van der Waals surface area contributed by atoms with E-state index in [-0.39, 0.29) is 4.90 Å². The first-order valence-corrected chi connectivity index (χ1v) is 10.7. The number of benzene rings is 1. The third-order valence-electron chi connectivity index (χ3n) is 4.32. The molecule has 1 saturated heterocycles. The van der Waals surface area contributed by atoms with Crippen molar-refractivity contribution >= 4 is 34.0 Å². The van der Waals surface area contributed by atoms with Crippen LogP contribution in [0.15, 0.2) is 35.2 Å². The molecule has 0 aromatic heterocycles. The van der Waals surface area contributed by atoms with Crippen molar-refractivity contribution < 1.29 is 27.5 Å². The van der Waals surface area contributed by atoms with E-state index in [9.17, 15) is 22.8 Å². The van der Waals surface area contributed by atoms with Crippen molar-refractivity contribution in [1.82, 2.24) is 14.9 Å². The SMILES string of the molecule is CNC(=O)NC(=O)COC(=O)C=Cc1ccc(S(=O)(=O)N2CCCCCC2)cc1. The molecule has 0 bridgehead atoms. The Labute approximate surface area is 170 Å². The van der Waals surface area contributed by atoms with Crippen LogP contribution in [0.1, 0.15) is 31.2 Å². The van der Waals surface area contributed by atoms with E-state index in [0.717, 1.165) is 31.8 Å². The van der Waals surface area contributed by atoms with Crippen molar-refractivity contribution in [2.45, 2.75) is 30.6 Å². The minimum Gasteiger partial charge on any atom is -0.452 e. The summed E-state index contributed by atoms with van der Waals surface area (Å²) in [5.41, 5.74) is 0.603. The van der Waals surface area contributed by atoms with Gasteiger partial charge in [-0.3, -0.25) is 10.1 Å². The average Bonchev–Trinajstić information content (AvgIpc) is 3.01. The van der Waals surface area contributed by atoms with Crippen molar-refractivity contribution in [2.24, 2.45) is 0 Å². The van der Waals surface area contributed by atoms with Gasteiger partial charge in [-0.1, -0.05) is 25.0 Å². The van der Waals surface area contributed by atoms with Gasteiger partial charge < -0.3 is 10.1 Å². The van der Waals surface area contributed by atoms with Crippen molar-refractivity contribution in [3.05, 3.63) is 35.9 Å². The molecule has 9 nitrogen and oxygen atoms in total. The molecular weight excluding hydrogens is 398 g/mol. The maximum Gasteiger partial charge on any atom is 0.331 e. The second kappa shape index (κ2) is 10.7. The Kier molecular flexibility index (Phi) is 8.34. The van der Waals surface area contributed by atoms with E-state index in [1.165, 1.54) is 29.6 Å². The van der Waals surface area contributed by atoms with Crippen LogP contribution in [0.5, 0.6) is 0 Å². The van der Waals surface area contributed by atoms with Gasteiger partial charge in [0.2, 0.25) is 10.0 Å². The summed E-state index contributed by atoms with van der Waals surface area (Å²) >= 11 is 0. The molecule has 3 amide bonds. The molecular formula is C19H25N3O6S. The van der Waals surface area contributed by atoms with Crippen LogP contribution in [0.3, 0.4) is 0 Å². The quantitative estimate of drug-likeness (QED) is 0.525. The van der Waals surface area contributed by atoms with Crippen molar-refractivity contribution in [3.63, 3.8) is 0 Å². The maximum atomic E-state index is 12.7. The van der Waals surface area contributed by atoms with Gasteiger partial charge in [0, 0.05) is 26.2 Å². The molecule has 1 fully saturated rings. The highest BCUT2D eigenvalue weighted by molar-refractivity contribution is 7.89. The van der Waals surface area contributed by atoms with Crippen LogP contribution in [-0.2, 0) is 24.3 Å². The summed E-state index contributed by atoms with van der Waals surface area (Å²) in [5.74, 6) is -1.52. The third kappa shape index (κ3) is 6.99. The van der Waals surface area contributed by atoms with Gasteiger partial charge >= 0.3 is 12.0 Å². The number of rotatable bonds is 6. The molecule has 0 spiro atoms. The highest BCUT2D eigenvalue weighted by Gasteiger charge is 2.24. The Hall–Kier alpha value is -2.72. The summed E-state index contributed by atoms with van der Waals surface area (Å²) in [6.07, 6.45) is 6.37. The lowest BCUT2D eigenvalue weighted by atomic mass is 10.2. The fourth-order valence-corrected chi connectivity index (χ4v) is 4.27. The second-order valence-corrected chi connectivity index (χ2v) is 8.39. The normalized spacial score (nSPS) is 15.5. The smallest absolute Gasteiger partial charge is 0.331 e. The molecule has 1 aliphatic heterocycles. The molecule has 0 saturated carbocycles. The lowest BCUT2D eigenvalue weighted by Gasteiger charge is -2.19. The van der Waals surface area contributed by atoms with Crippen LogP contribution < -0.4 is 10.6 Å². The minimum absolute atomic E-state index is 0.213. The molecule has 158 valence electrons. The minimum atomic E-state index is -3.52. The summed E-state index contributed by atoms with van der Waals surface area (Å²) < 4.78 is 31.7. The topological polar surface area (TPSA) is 122 Å². The van der Waals surface area contributed by atoms with Crippen LogP contribution in [0, 0.1) is 0 Å².